The van der Waals surface area contributed by atoms with Crippen LogP contribution in [0.3, 0.4) is 0 Å². The lowest BCUT2D eigenvalue weighted by atomic mass is 9.83. The van der Waals surface area contributed by atoms with Crippen LogP contribution in [0, 0.1) is 0 Å². The lowest BCUT2D eigenvalue weighted by molar-refractivity contribution is -0.114. The highest BCUT2D eigenvalue weighted by molar-refractivity contribution is 6.04. The highest BCUT2D eigenvalue weighted by atomic mass is 16.7. The molecule has 34 heavy (non-hydrogen) atoms. The first-order chi connectivity index (χ1) is 16.3. The maximum atomic E-state index is 12.3. The normalized spacial score (nSPS) is 16.8. The Hall–Kier alpha value is -3.08. The average molecular weight is 467 g/mol. The minimum absolute atomic E-state index is 0.118. The minimum atomic E-state index is -0.345. The van der Waals surface area contributed by atoms with Crippen molar-refractivity contribution in [1.29, 1.82) is 0 Å². The van der Waals surface area contributed by atoms with Gasteiger partial charge in [-0.15, -0.1) is 5.10 Å². The Morgan fingerprint density at radius 2 is 1.91 bits per heavy atom. The second-order valence-corrected chi connectivity index (χ2v) is 9.76. The second-order valence-electron chi connectivity index (χ2n) is 9.76. The van der Waals surface area contributed by atoms with Crippen molar-refractivity contribution in [3.63, 3.8) is 0 Å². The van der Waals surface area contributed by atoms with Crippen LogP contribution < -0.4 is 16.4 Å². The molecule has 1 aliphatic heterocycles. The lowest BCUT2D eigenvalue weighted by Crippen LogP contribution is -2.22. The molecule has 10 nitrogen and oxygen atoms in total. The van der Waals surface area contributed by atoms with Gasteiger partial charge >= 0.3 is 6.01 Å². The maximum absolute atomic E-state index is 12.3. The van der Waals surface area contributed by atoms with Crippen molar-refractivity contribution in [2.75, 3.05) is 36.9 Å². The summed E-state index contributed by atoms with van der Waals surface area (Å²) in [6.45, 7) is 7.89. The first kappa shape index (κ1) is 22.7. The molecular formula is C24H30N6O4. The van der Waals surface area contributed by atoms with Crippen molar-refractivity contribution in [3.05, 3.63) is 29.3 Å². The van der Waals surface area contributed by atoms with Crippen LogP contribution in [-0.4, -0.2) is 53.7 Å². The number of fused-ring (bicyclic) bond motifs is 1. The van der Waals surface area contributed by atoms with E-state index in [1.54, 1.807) is 6.07 Å². The fourth-order valence-corrected chi connectivity index (χ4v) is 4.08. The molecule has 0 bridgehead atoms. The SMILES string of the molecule is CC(C)(C)c1cc(C2CC2)cc2c(NC(=O)CN)cc(-c3nnc(NCC4OCCO4)o3)nc12. The number of nitrogens with zero attached hydrogens (tertiary/aromatic N) is 3. The van der Waals surface area contributed by atoms with E-state index in [1.165, 1.54) is 18.4 Å². The molecule has 3 aromatic rings. The summed E-state index contributed by atoms with van der Waals surface area (Å²) < 4.78 is 16.7. The summed E-state index contributed by atoms with van der Waals surface area (Å²) in [5, 5.41) is 15.1. The summed E-state index contributed by atoms with van der Waals surface area (Å²) >= 11 is 0. The zero-order chi connectivity index (χ0) is 23.9. The number of aromatic nitrogens is 3. The van der Waals surface area contributed by atoms with E-state index in [0.29, 0.717) is 37.1 Å². The number of carbonyl (C=O) groups is 1. The standard InChI is InChI=1S/C24H30N6O4/c1-24(2,3)16-9-14(13-4-5-13)8-15-17(27-19(31)11-25)10-18(28-21(15)16)22-29-30-23(34-22)26-12-20-32-6-7-33-20/h8-10,13,20H,4-7,11-12,25H2,1-3H3,(H,26,30)(H,27,28,31). The maximum Gasteiger partial charge on any atom is 0.315 e. The Balaban J connectivity index is 1.57. The monoisotopic (exact) mass is 466 g/mol. The number of ether oxygens (including phenoxy) is 2. The Bertz CT molecular complexity index is 1210. The first-order valence-corrected chi connectivity index (χ1v) is 11.6. The molecule has 10 heteroatoms. The van der Waals surface area contributed by atoms with Gasteiger partial charge in [0.15, 0.2) is 6.29 Å². The predicted molar refractivity (Wildman–Crippen MR) is 128 cm³/mol. The summed E-state index contributed by atoms with van der Waals surface area (Å²) in [6, 6.07) is 6.38. The fraction of sp³-hybridized carbons (Fsp3) is 0.500. The van der Waals surface area contributed by atoms with Crippen molar-refractivity contribution in [2.45, 2.75) is 51.2 Å². The van der Waals surface area contributed by atoms with Crippen LogP contribution in [0.25, 0.3) is 22.5 Å². The number of benzene rings is 1. The Kier molecular flexibility index (Phi) is 5.97. The molecule has 0 radical (unpaired) electrons. The van der Waals surface area contributed by atoms with E-state index < -0.39 is 0 Å². The van der Waals surface area contributed by atoms with Crippen LogP contribution in [0.2, 0.25) is 0 Å². The van der Waals surface area contributed by atoms with E-state index in [-0.39, 0.29) is 36.1 Å². The van der Waals surface area contributed by atoms with Crippen LogP contribution in [0.4, 0.5) is 11.7 Å². The van der Waals surface area contributed by atoms with Crippen LogP contribution in [-0.2, 0) is 19.7 Å². The molecule has 2 fully saturated rings. The van der Waals surface area contributed by atoms with Crippen LogP contribution in [0.5, 0.6) is 0 Å². The van der Waals surface area contributed by atoms with E-state index in [1.807, 2.05) is 0 Å². The molecule has 1 saturated carbocycles. The molecule has 1 saturated heterocycles. The van der Waals surface area contributed by atoms with Crippen LogP contribution in [0.1, 0.15) is 50.7 Å². The number of amides is 1. The summed E-state index contributed by atoms with van der Waals surface area (Å²) in [7, 11) is 0. The van der Waals surface area contributed by atoms with Crippen molar-refractivity contribution < 1.29 is 18.7 Å². The summed E-state index contributed by atoms with van der Waals surface area (Å²) in [5.41, 5.74) is 9.70. The third-order valence-corrected chi connectivity index (χ3v) is 6.01. The minimum Gasteiger partial charge on any atom is -0.402 e. The molecule has 2 aromatic heterocycles. The Morgan fingerprint density at radius 3 is 2.59 bits per heavy atom. The molecule has 0 unspecified atom stereocenters. The quantitative estimate of drug-likeness (QED) is 0.479. The number of pyridine rings is 1. The van der Waals surface area contributed by atoms with Crippen molar-refractivity contribution >= 4 is 28.5 Å². The van der Waals surface area contributed by atoms with E-state index in [2.05, 4.69) is 53.7 Å². The van der Waals surface area contributed by atoms with Crippen molar-refractivity contribution in [3.8, 4) is 11.6 Å². The second kappa shape index (κ2) is 8.94. The van der Waals surface area contributed by atoms with Gasteiger partial charge in [0.05, 0.1) is 37.5 Å². The third-order valence-electron chi connectivity index (χ3n) is 6.01. The summed E-state index contributed by atoms with van der Waals surface area (Å²) in [6.07, 6.45) is 2.02. The van der Waals surface area contributed by atoms with Gasteiger partial charge in [-0.25, -0.2) is 4.98 Å². The highest BCUT2D eigenvalue weighted by Crippen LogP contribution is 2.44. The van der Waals surface area contributed by atoms with Crippen molar-refractivity contribution in [2.24, 2.45) is 5.73 Å². The number of carbonyl (C=O) groups excluding carboxylic acids is 1. The van der Waals surface area contributed by atoms with E-state index >= 15 is 0 Å². The number of rotatable bonds is 7. The zero-order valence-corrected chi connectivity index (χ0v) is 19.7. The van der Waals surface area contributed by atoms with Gasteiger partial charge in [-0.3, -0.25) is 4.79 Å². The fourth-order valence-electron chi connectivity index (χ4n) is 4.08. The van der Waals surface area contributed by atoms with Crippen LogP contribution in [0.15, 0.2) is 22.6 Å². The average Bonchev–Trinajstić information content (AvgIpc) is 3.32. The molecule has 0 atom stereocenters. The number of hydrogen-bond donors (Lipinski definition) is 3. The highest BCUT2D eigenvalue weighted by Gasteiger charge is 2.29. The van der Waals surface area contributed by atoms with Gasteiger partial charge in [-0.05, 0) is 47.4 Å². The molecule has 2 aliphatic rings. The third kappa shape index (κ3) is 4.75. The number of nitrogens with one attached hydrogen (secondary N) is 2. The Morgan fingerprint density at radius 1 is 1.15 bits per heavy atom. The largest absolute Gasteiger partial charge is 0.402 e. The predicted octanol–water partition coefficient (Wildman–Crippen LogP) is 3.14. The number of hydrogen-bond acceptors (Lipinski definition) is 9. The van der Waals surface area contributed by atoms with Gasteiger partial charge in [0.2, 0.25) is 5.91 Å². The summed E-state index contributed by atoms with van der Waals surface area (Å²) in [5.74, 6) is 0.518. The summed E-state index contributed by atoms with van der Waals surface area (Å²) in [4.78, 5) is 17.2. The zero-order valence-electron chi connectivity index (χ0n) is 19.7. The van der Waals surface area contributed by atoms with E-state index in [9.17, 15) is 4.79 Å². The van der Waals surface area contributed by atoms with Gasteiger partial charge in [-0.2, -0.15) is 0 Å². The molecule has 0 spiro atoms. The van der Waals surface area contributed by atoms with Gasteiger partial charge in [0, 0.05) is 5.39 Å². The topological polar surface area (TPSA) is 137 Å². The molecule has 1 amide bonds. The molecular weight excluding hydrogens is 436 g/mol. The molecule has 4 N–H and O–H groups in total. The van der Waals surface area contributed by atoms with E-state index in [0.717, 1.165) is 16.5 Å². The number of anilines is 2. The molecule has 5 rings (SSSR count). The number of nitrogens with two attached hydrogens (primary N) is 1. The van der Waals surface area contributed by atoms with E-state index in [4.69, 9.17) is 24.6 Å². The molecule has 3 heterocycles. The van der Waals surface area contributed by atoms with Crippen molar-refractivity contribution in [1.82, 2.24) is 15.2 Å². The van der Waals surface area contributed by atoms with Gasteiger partial charge in [-0.1, -0.05) is 31.9 Å². The van der Waals surface area contributed by atoms with Crippen LogP contribution >= 0.6 is 0 Å². The molecule has 1 aromatic carbocycles. The smallest absolute Gasteiger partial charge is 0.315 e. The molecule has 180 valence electrons. The van der Waals surface area contributed by atoms with Gasteiger partial charge < -0.3 is 30.3 Å². The van der Waals surface area contributed by atoms with Gasteiger partial charge in [0.1, 0.15) is 5.69 Å². The Labute approximate surface area is 197 Å². The lowest BCUT2D eigenvalue weighted by Gasteiger charge is -2.23. The molecule has 1 aliphatic carbocycles. The van der Waals surface area contributed by atoms with Gasteiger partial charge in [0.25, 0.3) is 5.89 Å². The first-order valence-electron chi connectivity index (χ1n) is 11.6.